The monoisotopic (exact) mass is 298 g/mol. The largest absolute Gasteiger partial charge is 0.352 e. The summed E-state index contributed by atoms with van der Waals surface area (Å²) >= 11 is 6.04. The fraction of sp³-hybridized carbons (Fsp3) is 0.462. The Balaban J connectivity index is 2.54. The van der Waals surface area contributed by atoms with Gasteiger partial charge in [-0.05, 0) is 26.8 Å². The van der Waals surface area contributed by atoms with E-state index in [4.69, 9.17) is 11.6 Å². The highest BCUT2D eigenvalue weighted by molar-refractivity contribution is 6.31. The van der Waals surface area contributed by atoms with Gasteiger partial charge in [0, 0.05) is 24.7 Å². The lowest BCUT2D eigenvalue weighted by Gasteiger charge is -2.07. The molecule has 0 aliphatic heterocycles. The molecule has 0 saturated carbocycles. The number of aromatic nitrogens is 2. The molecule has 0 aromatic carbocycles. The van der Waals surface area contributed by atoms with E-state index in [-0.39, 0.29) is 24.4 Å². The second-order valence-electron chi connectivity index (χ2n) is 4.69. The maximum Gasteiger partial charge on any atom is 0.244 e. The summed E-state index contributed by atoms with van der Waals surface area (Å²) in [4.78, 5) is 22.9. The Morgan fingerprint density at radius 1 is 1.45 bits per heavy atom. The lowest BCUT2D eigenvalue weighted by molar-refractivity contribution is -0.124. The van der Waals surface area contributed by atoms with E-state index in [2.05, 4.69) is 15.7 Å². The highest BCUT2D eigenvalue weighted by Gasteiger charge is 2.09. The first-order chi connectivity index (χ1) is 9.31. The molecule has 1 rings (SSSR count). The molecule has 2 amide bonds. The zero-order valence-electron chi connectivity index (χ0n) is 12.0. The van der Waals surface area contributed by atoms with Crippen LogP contribution in [0.25, 0.3) is 6.08 Å². The van der Waals surface area contributed by atoms with Crippen LogP contribution in [0.1, 0.15) is 25.1 Å². The summed E-state index contributed by atoms with van der Waals surface area (Å²) in [5.74, 6) is -0.583. The van der Waals surface area contributed by atoms with Gasteiger partial charge in [0.1, 0.15) is 5.15 Å². The van der Waals surface area contributed by atoms with Crippen LogP contribution in [-0.2, 0) is 16.6 Å². The van der Waals surface area contributed by atoms with Crippen molar-refractivity contribution < 1.29 is 9.59 Å². The third-order valence-corrected chi connectivity index (χ3v) is 2.92. The maximum atomic E-state index is 11.6. The number of halogens is 1. The molecule has 0 aliphatic carbocycles. The van der Waals surface area contributed by atoms with E-state index < -0.39 is 0 Å². The summed E-state index contributed by atoms with van der Waals surface area (Å²) < 4.78 is 1.53. The zero-order chi connectivity index (χ0) is 15.3. The van der Waals surface area contributed by atoms with Crippen molar-refractivity contribution in [3.05, 3.63) is 22.5 Å². The van der Waals surface area contributed by atoms with Gasteiger partial charge in [0.25, 0.3) is 0 Å². The van der Waals surface area contributed by atoms with Crippen LogP contribution in [0.4, 0.5) is 0 Å². The standard InChI is InChI=1S/C13H19ClN4O2/c1-8(2)16-12(20)7-15-11(19)6-5-10-9(3)17-18(4)13(10)14/h5-6,8H,7H2,1-4H3,(H,15,19)(H,16,20)/b6-5+. The molecule has 0 unspecified atom stereocenters. The lowest BCUT2D eigenvalue weighted by atomic mass is 10.2. The van der Waals surface area contributed by atoms with Gasteiger partial charge in [-0.3, -0.25) is 14.3 Å². The number of rotatable bonds is 5. The van der Waals surface area contributed by atoms with Gasteiger partial charge in [-0.25, -0.2) is 0 Å². The van der Waals surface area contributed by atoms with Crippen molar-refractivity contribution in [2.24, 2.45) is 7.05 Å². The van der Waals surface area contributed by atoms with Gasteiger partial charge in [0.2, 0.25) is 11.8 Å². The Kier molecular flexibility index (Phi) is 5.76. The van der Waals surface area contributed by atoms with Gasteiger partial charge < -0.3 is 10.6 Å². The van der Waals surface area contributed by atoms with E-state index in [1.807, 2.05) is 13.8 Å². The average molecular weight is 299 g/mol. The lowest BCUT2D eigenvalue weighted by Crippen LogP contribution is -2.39. The van der Waals surface area contributed by atoms with Gasteiger partial charge in [-0.15, -0.1) is 0 Å². The first kappa shape index (κ1) is 16.2. The van der Waals surface area contributed by atoms with Gasteiger partial charge in [-0.1, -0.05) is 11.6 Å². The predicted octanol–water partition coefficient (Wildman–Crippen LogP) is 1.04. The fourth-order valence-corrected chi connectivity index (χ4v) is 1.83. The molecule has 0 fully saturated rings. The van der Waals surface area contributed by atoms with Crippen molar-refractivity contribution in [2.45, 2.75) is 26.8 Å². The molecule has 1 heterocycles. The van der Waals surface area contributed by atoms with Crippen LogP contribution in [0, 0.1) is 6.92 Å². The van der Waals surface area contributed by atoms with Crippen LogP contribution in [0.3, 0.4) is 0 Å². The molecule has 0 spiro atoms. The third kappa shape index (κ3) is 4.70. The maximum absolute atomic E-state index is 11.6. The second-order valence-corrected chi connectivity index (χ2v) is 5.04. The molecule has 1 aromatic heterocycles. The molecule has 20 heavy (non-hydrogen) atoms. The van der Waals surface area contributed by atoms with Gasteiger partial charge >= 0.3 is 0 Å². The van der Waals surface area contributed by atoms with E-state index >= 15 is 0 Å². The summed E-state index contributed by atoms with van der Waals surface area (Å²) in [5, 5.41) is 9.77. The normalized spacial score (nSPS) is 11.1. The predicted molar refractivity (Wildman–Crippen MR) is 78.3 cm³/mol. The summed E-state index contributed by atoms with van der Waals surface area (Å²) in [5.41, 5.74) is 1.43. The van der Waals surface area contributed by atoms with Crippen molar-refractivity contribution in [1.29, 1.82) is 0 Å². The molecule has 0 radical (unpaired) electrons. The number of amides is 2. The topological polar surface area (TPSA) is 76.0 Å². The van der Waals surface area contributed by atoms with Crippen LogP contribution in [0.5, 0.6) is 0 Å². The van der Waals surface area contributed by atoms with Gasteiger partial charge in [-0.2, -0.15) is 5.10 Å². The first-order valence-electron chi connectivity index (χ1n) is 6.25. The van der Waals surface area contributed by atoms with E-state index in [1.165, 1.54) is 10.8 Å². The second kappa shape index (κ2) is 7.09. The van der Waals surface area contributed by atoms with Crippen molar-refractivity contribution in [2.75, 3.05) is 6.54 Å². The number of hydrogen-bond acceptors (Lipinski definition) is 3. The van der Waals surface area contributed by atoms with E-state index in [0.29, 0.717) is 10.7 Å². The number of hydrogen-bond donors (Lipinski definition) is 2. The van der Waals surface area contributed by atoms with E-state index in [1.54, 1.807) is 20.0 Å². The van der Waals surface area contributed by atoms with E-state index in [9.17, 15) is 9.59 Å². The van der Waals surface area contributed by atoms with Crippen LogP contribution in [0.2, 0.25) is 5.15 Å². The van der Waals surface area contributed by atoms with Crippen LogP contribution in [0.15, 0.2) is 6.08 Å². The smallest absolute Gasteiger partial charge is 0.244 e. The molecule has 7 heteroatoms. The minimum atomic E-state index is -0.358. The van der Waals surface area contributed by atoms with Gasteiger partial charge in [0.15, 0.2) is 0 Å². The molecule has 0 saturated heterocycles. The van der Waals surface area contributed by atoms with Crippen molar-refractivity contribution in [1.82, 2.24) is 20.4 Å². The average Bonchev–Trinajstić information content (AvgIpc) is 2.58. The van der Waals surface area contributed by atoms with E-state index in [0.717, 1.165) is 5.69 Å². The Morgan fingerprint density at radius 3 is 2.60 bits per heavy atom. The number of carbonyl (C=O) groups excluding carboxylic acids is 2. The minimum absolute atomic E-state index is 0.0480. The molecule has 2 N–H and O–H groups in total. The molecular weight excluding hydrogens is 280 g/mol. The fourth-order valence-electron chi connectivity index (χ4n) is 1.59. The molecule has 0 atom stereocenters. The van der Waals surface area contributed by atoms with Crippen molar-refractivity contribution in [3.63, 3.8) is 0 Å². The van der Waals surface area contributed by atoms with Crippen LogP contribution < -0.4 is 10.6 Å². The Bertz CT molecular complexity index is 535. The third-order valence-electron chi connectivity index (χ3n) is 2.47. The Labute approximate surface area is 123 Å². The molecule has 110 valence electrons. The Hall–Kier alpha value is -1.82. The quantitative estimate of drug-likeness (QED) is 0.797. The van der Waals surface area contributed by atoms with Crippen LogP contribution in [-0.4, -0.2) is 34.2 Å². The molecule has 0 aliphatic rings. The van der Waals surface area contributed by atoms with Crippen LogP contribution >= 0.6 is 11.6 Å². The molecular formula is C13H19ClN4O2. The number of carbonyl (C=O) groups is 2. The van der Waals surface area contributed by atoms with Gasteiger partial charge in [0.05, 0.1) is 12.2 Å². The highest BCUT2D eigenvalue weighted by atomic mass is 35.5. The molecule has 1 aromatic rings. The summed E-state index contributed by atoms with van der Waals surface area (Å²) in [6.45, 7) is 5.46. The zero-order valence-corrected chi connectivity index (χ0v) is 12.8. The van der Waals surface area contributed by atoms with Crippen molar-refractivity contribution >= 4 is 29.5 Å². The van der Waals surface area contributed by atoms with Crippen molar-refractivity contribution in [3.8, 4) is 0 Å². The number of nitrogens with zero attached hydrogens (tertiary/aromatic N) is 2. The first-order valence-corrected chi connectivity index (χ1v) is 6.63. The highest BCUT2D eigenvalue weighted by Crippen LogP contribution is 2.19. The summed E-state index contributed by atoms with van der Waals surface area (Å²) in [6.07, 6.45) is 2.92. The SMILES string of the molecule is Cc1nn(C)c(Cl)c1/C=C/C(=O)NCC(=O)NC(C)C. The number of nitrogens with one attached hydrogen (secondary N) is 2. The molecule has 0 bridgehead atoms. The number of aryl methyl sites for hydroxylation is 2. The summed E-state index contributed by atoms with van der Waals surface area (Å²) in [7, 11) is 1.73. The Morgan fingerprint density at radius 2 is 2.10 bits per heavy atom. The molecule has 6 nitrogen and oxygen atoms in total. The minimum Gasteiger partial charge on any atom is -0.352 e. The summed E-state index contributed by atoms with van der Waals surface area (Å²) in [6, 6.07) is 0.0480.